The monoisotopic (exact) mass is 322 g/mol. The molecule has 0 unspecified atom stereocenters. The maximum atomic E-state index is 13.1. The zero-order valence-corrected chi connectivity index (χ0v) is 11.8. The third kappa shape index (κ3) is 2.70. The fraction of sp³-hybridized carbons (Fsp3) is 0.583. The minimum atomic E-state index is -3.44. The van der Waals surface area contributed by atoms with Gasteiger partial charge in [-0.25, -0.2) is 17.6 Å². The van der Waals surface area contributed by atoms with E-state index >= 15 is 0 Å². The predicted octanol–water partition coefficient (Wildman–Crippen LogP) is 1.56. The van der Waals surface area contributed by atoms with E-state index in [0.717, 1.165) is 0 Å². The van der Waals surface area contributed by atoms with Crippen LogP contribution in [-0.4, -0.2) is 50.1 Å². The molecule has 1 aliphatic rings. The molecule has 0 radical (unpaired) electrons. The Morgan fingerprint density at radius 2 is 2.05 bits per heavy atom. The molecule has 122 valence electrons. The zero-order chi connectivity index (χ0) is 16.7. The van der Waals surface area contributed by atoms with E-state index < -0.39 is 42.7 Å². The molecule has 0 fully saturated rings. The average Bonchev–Trinajstić information content (AvgIpc) is 3.02. The van der Waals surface area contributed by atoms with E-state index in [1.54, 1.807) is 13.0 Å². The molecule has 2 rings (SSSR count). The summed E-state index contributed by atoms with van der Waals surface area (Å²) in [4.78, 5) is 12.3. The summed E-state index contributed by atoms with van der Waals surface area (Å²) in [7, 11) is 0. The molecule has 0 aromatic carbocycles. The third-order valence-electron chi connectivity index (χ3n) is 3.34. The van der Waals surface area contributed by atoms with Gasteiger partial charge in [0.1, 0.15) is 11.8 Å². The number of amides is 1. The van der Waals surface area contributed by atoms with Crippen molar-refractivity contribution in [1.82, 2.24) is 14.8 Å². The number of halogens is 4. The number of aryl methyl sites for hydroxylation is 1. The first-order chi connectivity index (χ1) is 10.2. The van der Waals surface area contributed by atoms with Gasteiger partial charge in [0.05, 0.1) is 5.69 Å². The summed E-state index contributed by atoms with van der Waals surface area (Å²) in [6.45, 7) is 3.00. The lowest BCUT2D eigenvalue weighted by molar-refractivity contribution is -0.194. The molecule has 2 atom stereocenters. The summed E-state index contributed by atoms with van der Waals surface area (Å²) in [6.07, 6.45) is -6.24. The van der Waals surface area contributed by atoms with Gasteiger partial charge in [0, 0.05) is 12.6 Å². The van der Waals surface area contributed by atoms with Crippen LogP contribution in [0.5, 0.6) is 0 Å². The molecular weight excluding hydrogens is 308 g/mol. The molecule has 0 spiro atoms. The summed E-state index contributed by atoms with van der Waals surface area (Å²) < 4.78 is 52.6. The summed E-state index contributed by atoms with van der Waals surface area (Å²) in [5, 5.41) is 17.1. The van der Waals surface area contributed by atoms with Crippen LogP contribution in [-0.2, 0) is 4.79 Å². The van der Waals surface area contributed by atoms with E-state index in [0.29, 0.717) is 5.69 Å². The van der Waals surface area contributed by atoms with Crippen LogP contribution in [0.4, 0.5) is 17.6 Å². The smallest absolute Gasteiger partial charge is 0.287 e. The van der Waals surface area contributed by atoms with Gasteiger partial charge in [0.25, 0.3) is 18.8 Å². The summed E-state index contributed by atoms with van der Waals surface area (Å²) >= 11 is 0. The molecule has 6 nitrogen and oxygen atoms in total. The van der Waals surface area contributed by atoms with Crippen LogP contribution in [0.2, 0.25) is 0 Å². The molecule has 2 heterocycles. The molecule has 10 heteroatoms. The van der Waals surface area contributed by atoms with Gasteiger partial charge in [0.15, 0.2) is 0 Å². The Labute approximate surface area is 123 Å². The van der Waals surface area contributed by atoms with E-state index in [1.165, 1.54) is 17.8 Å². The number of hydrazone groups is 1. The SMILES string of the molecule is Cc1ccn([C@@H](C)C(=O)N2N=C(C(F)F)C[C@@]2(O)C(F)F)n1. The Morgan fingerprint density at radius 3 is 2.50 bits per heavy atom. The van der Waals surface area contributed by atoms with Gasteiger partial charge in [-0.2, -0.15) is 15.2 Å². The van der Waals surface area contributed by atoms with E-state index in [-0.39, 0.29) is 5.01 Å². The first kappa shape index (κ1) is 16.4. The van der Waals surface area contributed by atoms with E-state index in [9.17, 15) is 27.5 Å². The molecule has 1 aliphatic heterocycles. The predicted molar refractivity (Wildman–Crippen MR) is 67.5 cm³/mol. The van der Waals surface area contributed by atoms with Crippen molar-refractivity contribution in [3.8, 4) is 0 Å². The fourth-order valence-corrected chi connectivity index (χ4v) is 2.06. The molecule has 1 aromatic heterocycles. The Morgan fingerprint density at radius 1 is 1.41 bits per heavy atom. The minimum Gasteiger partial charge on any atom is -0.364 e. The van der Waals surface area contributed by atoms with Gasteiger partial charge in [-0.3, -0.25) is 9.48 Å². The first-order valence-electron chi connectivity index (χ1n) is 6.38. The normalized spacial score (nSPS) is 23.3. The molecule has 22 heavy (non-hydrogen) atoms. The minimum absolute atomic E-state index is 0.0425. The summed E-state index contributed by atoms with van der Waals surface area (Å²) in [6, 6.07) is 0.501. The molecular formula is C12H14F4N4O2. The van der Waals surface area contributed by atoms with E-state index in [1.807, 2.05) is 0 Å². The van der Waals surface area contributed by atoms with Crippen molar-refractivity contribution < 1.29 is 27.5 Å². The Balaban J connectivity index is 2.32. The fourth-order valence-electron chi connectivity index (χ4n) is 2.06. The van der Waals surface area contributed by atoms with Gasteiger partial charge in [-0.05, 0) is 19.9 Å². The number of nitrogens with zero attached hydrogens (tertiary/aromatic N) is 4. The van der Waals surface area contributed by atoms with Crippen molar-refractivity contribution in [3.63, 3.8) is 0 Å². The summed E-state index contributed by atoms with van der Waals surface area (Å²) in [5.41, 5.74) is -3.44. The van der Waals surface area contributed by atoms with Crippen LogP contribution >= 0.6 is 0 Å². The number of aliphatic hydroxyl groups is 1. The number of alkyl halides is 4. The van der Waals surface area contributed by atoms with Crippen molar-refractivity contribution in [2.45, 2.75) is 44.9 Å². The van der Waals surface area contributed by atoms with Gasteiger partial charge < -0.3 is 5.11 Å². The number of hydrogen-bond acceptors (Lipinski definition) is 4. The van der Waals surface area contributed by atoms with Gasteiger partial charge in [-0.15, -0.1) is 0 Å². The van der Waals surface area contributed by atoms with Crippen LogP contribution in [0.25, 0.3) is 0 Å². The second kappa shape index (κ2) is 5.67. The van der Waals surface area contributed by atoms with Gasteiger partial charge in [0.2, 0.25) is 5.72 Å². The first-order valence-corrected chi connectivity index (χ1v) is 6.38. The van der Waals surface area contributed by atoms with Crippen molar-refractivity contribution >= 4 is 11.6 Å². The lowest BCUT2D eigenvalue weighted by atomic mass is 10.1. The van der Waals surface area contributed by atoms with Crippen molar-refractivity contribution in [1.29, 1.82) is 0 Å². The maximum absolute atomic E-state index is 13.1. The van der Waals surface area contributed by atoms with Crippen LogP contribution in [0, 0.1) is 6.92 Å². The van der Waals surface area contributed by atoms with E-state index in [2.05, 4.69) is 10.2 Å². The Kier molecular flexibility index (Phi) is 4.23. The number of rotatable bonds is 4. The molecule has 1 aromatic rings. The lowest BCUT2D eigenvalue weighted by Crippen LogP contribution is -2.53. The number of carbonyl (C=O) groups excluding carboxylic acids is 1. The topological polar surface area (TPSA) is 70.7 Å². The van der Waals surface area contributed by atoms with Gasteiger partial charge in [-0.1, -0.05) is 0 Å². The highest BCUT2D eigenvalue weighted by atomic mass is 19.3. The van der Waals surface area contributed by atoms with Crippen molar-refractivity contribution in [2.75, 3.05) is 0 Å². The van der Waals surface area contributed by atoms with Crippen LogP contribution in [0.15, 0.2) is 17.4 Å². The van der Waals surface area contributed by atoms with Crippen LogP contribution in [0.3, 0.4) is 0 Å². The molecule has 0 saturated carbocycles. The highest BCUT2D eigenvalue weighted by Crippen LogP contribution is 2.34. The number of carbonyl (C=O) groups is 1. The maximum Gasteiger partial charge on any atom is 0.287 e. The average molecular weight is 322 g/mol. The number of aromatic nitrogens is 2. The highest BCUT2D eigenvalue weighted by Gasteiger charge is 2.54. The largest absolute Gasteiger partial charge is 0.364 e. The Hall–Kier alpha value is -1.97. The second-order valence-corrected chi connectivity index (χ2v) is 5.01. The van der Waals surface area contributed by atoms with Crippen molar-refractivity contribution in [2.24, 2.45) is 5.10 Å². The lowest BCUT2D eigenvalue weighted by Gasteiger charge is -2.31. The molecule has 0 aliphatic carbocycles. The second-order valence-electron chi connectivity index (χ2n) is 5.01. The number of hydrogen-bond donors (Lipinski definition) is 1. The van der Waals surface area contributed by atoms with Crippen molar-refractivity contribution in [3.05, 3.63) is 18.0 Å². The quantitative estimate of drug-likeness (QED) is 0.855. The van der Waals surface area contributed by atoms with Crippen LogP contribution < -0.4 is 0 Å². The molecule has 0 saturated heterocycles. The summed E-state index contributed by atoms with van der Waals surface area (Å²) in [5.74, 6) is -1.05. The van der Waals surface area contributed by atoms with Crippen LogP contribution in [0.1, 0.15) is 25.1 Å². The zero-order valence-electron chi connectivity index (χ0n) is 11.8. The van der Waals surface area contributed by atoms with E-state index in [4.69, 9.17) is 0 Å². The molecule has 0 bridgehead atoms. The molecule has 1 amide bonds. The third-order valence-corrected chi connectivity index (χ3v) is 3.34. The standard InChI is InChI=1S/C12H14F4N4O2/c1-6-3-4-19(17-6)7(2)10(21)20-12(22,11(15)16)5-8(18-20)9(13)14/h3-4,7,9,11,22H,5H2,1-2H3/t7-,12+/m0/s1. The highest BCUT2D eigenvalue weighted by molar-refractivity contribution is 5.93. The van der Waals surface area contributed by atoms with Gasteiger partial charge >= 0.3 is 0 Å². The molecule has 1 N–H and O–H groups in total. The Bertz CT molecular complexity index is 604.